The number of imidazole rings is 1. The Kier molecular flexibility index (Phi) is 3.68. The van der Waals surface area contributed by atoms with Crippen LogP contribution in [0.25, 0.3) is 0 Å². The van der Waals surface area contributed by atoms with E-state index in [9.17, 15) is 0 Å². The normalized spacial score (nSPS) is 10.3. The summed E-state index contributed by atoms with van der Waals surface area (Å²) in [5, 5.41) is 0. The lowest BCUT2D eigenvalue weighted by atomic mass is 10.3. The highest BCUT2D eigenvalue weighted by atomic mass is 79.9. The Morgan fingerprint density at radius 3 is 2.41 bits per heavy atom. The molecule has 0 aliphatic rings. The molecule has 0 fully saturated rings. The topological polar surface area (TPSA) is 36.3 Å². The van der Waals surface area contributed by atoms with E-state index in [2.05, 4.69) is 20.9 Å². The number of methoxy groups -OCH3 is 1. The second-order valence-corrected chi connectivity index (χ2v) is 4.29. The lowest BCUT2D eigenvalue weighted by Gasteiger charge is -2.05. The first kappa shape index (κ1) is 12.0. The first-order chi connectivity index (χ1) is 8.19. The molecule has 0 atom stereocenters. The minimum absolute atomic E-state index is 0.450. The molecule has 90 valence electrons. The maximum atomic E-state index is 5.61. The van der Waals surface area contributed by atoms with Crippen LogP contribution < -0.4 is 9.47 Å². The summed E-state index contributed by atoms with van der Waals surface area (Å²) in [6.45, 7) is 0.450. The molecule has 17 heavy (non-hydrogen) atoms. The van der Waals surface area contributed by atoms with Gasteiger partial charge in [-0.1, -0.05) is 0 Å². The largest absolute Gasteiger partial charge is 0.497 e. The second-order valence-electron chi connectivity index (χ2n) is 3.58. The first-order valence-corrected chi connectivity index (χ1v) is 5.93. The van der Waals surface area contributed by atoms with Crippen molar-refractivity contribution in [2.45, 2.75) is 6.61 Å². The number of hydrogen-bond acceptors (Lipinski definition) is 3. The molecule has 0 unspecified atom stereocenters. The van der Waals surface area contributed by atoms with E-state index < -0.39 is 0 Å². The number of ether oxygens (including phenoxy) is 2. The fourth-order valence-electron chi connectivity index (χ4n) is 1.40. The van der Waals surface area contributed by atoms with Crippen molar-refractivity contribution < 1.29 is 9.47 Å². The lowest BCUT2D eigenvalue weighted by molar-refractivity contribution is 0.301. The zero-order chi connectivity index (χ0) is 12.3. The predicted molar refractivity (Wildman–Crippen MR) is 68.2 cm³/mol. The van der Waals surface area contributed by atoms with Crippen LogP contribution in [0.3, 0.4) is 0 Å². The Labute approximate surface area is 108 Å². The third kappa shape index (κ3) is 3.00. The third-order valence-corrected chi connectivity index (χ3v) is 3.05. The van der Waals surface area contributed by atoms with E-state index in [-0.39, 0.29) is 0 Å². The molecule has 0 radical (unpaired) electrons. The molecule has 0 amide bonds. The summed E-state index contributed by atoms with van der Waals surface area (Å²) in [5.41, 5.74) is 0.884. The summed E-state index contributed by atoms with van der Waals surface area (Å²) in [6.07, 6.45) is 1.92. The standard InChI is InChI=1S/C12H13BrN2O2/c1-15-7-9(14-12(15)13)8-17-11-5-3-10(16-2)4-6-11/h3-7H,8H2,1-2H3. The van der Waals surface area contributed by atoms with E-state index in [0.717, 1.165) is 21.9 Å². The number of rotatable bonds is 4. The molecule has 0 spiro atoms. The SMILES string of the molecule is COc1ccc(OCc2cn(C)c(Br)n2)cc1. The van der Waals surface area contributed by atoms with Gasteiger partial charge in [0.05, 0.1) is 12.8 Å². The first-order valence-electron chi connectivity index (χ1n) is 5.13. The molecule has 0 saturated heterocycles. The minimum atomic E-state index is 0.450. The van der Waals surface area contributed by atoms with Gasteiger partial charge in [0.1, 0.15) is 18.1 Å². The third-order valence-electron chi connectivity index (χ3n) is 2.32. The summed E-state index contributed by atoms with van der Waals surface area (Å²) in [6, 6.07) is 7.47. The molecule has 0 N–H and O–H groups in total. The minimum Gasteiger partial charge on any atom is -0.497 e. The van der Waals surface area contributed by atoms with Crippen LogP contribution in [0.5, 0.6) is 11.5 Å². The van der Waals surface area contributed by atoms with Crippen LogP contribution in [0, 0.1) is 0 Å². The second kappa shape index (κ2) is 5.23. The Hall–Kier alpha value is -1.49. The Bertz CT molecular complexity index is 474. The average molecular weight is 297 g/mol. The van der Waals surface area contributed by atoms with Gasteiger partial charge in [-0.3, -0.25) is 0 Å². The van der Waals surface area contributed by atoms with Gasteiger partial charge in [-0.25, -0.2) is 4.98 Å². The molecule has 5 heteroatoms. The zero-order valence-electron chi connectivity index (χ0n) is 9.68. The molecule has 0 saturated carbocycles. The maximum absolute atomic E-state index is 5.61. The molecule has 0 bridgehead atoms. The highest BCUT2D eigenvalue weighted by Crippen LogP contribution is 2.18. The van der Waals surface area contributed by atoms with E-state index in [1.54, 1.807) is 7.11 Å². The van der Waals surface area contributed by atoms with E-state index in [1.165, 1.54) is 0 Å². The Morgan fingerprint density at radius 2 is 1.88 bits per heavy atom. The predicted octanol–water partition coefficient (Wildman–Crippen LogP) is 2.77. The highest BCUT2D eigenvalue weighted by Gasteiger charge is 2.03. The molecule has 4 nitrogen and oxygen atoms in total. The number of aromatic nitrogens is 2. The van der Waals surface area contributed by atoms with Gasteiger partial charge in [0.15, 0.2) is 4.73 Å². The van der Waals surface area contributed by atoms with Crippen molar-refractivity contribution in [2.75, 3.05) is 7.11 Å². The van der Waals surface area contributed by atoms with Gasteiger partial charge >= 0.3 is 0 Å². The van der Waals surface area contributed by atoms with E-state index in [0.29, 0.717) is 6.61 Å². The summed E-state index contributed by atoms with van der Waals surface area (Å²) in [4.78, 5) is 4.29. The zero-order valence-corrected chi connectivity index (χ0v) is 11.3. The fourth-order valence-corrected chi connectivity index (χ4v) is 1.73. The number of halogens is 1. The van der Waals surface area contributed by atoms with Gasteiger partial charge < -0.3 is 14.0 Å². The Balaban J connectivity index is 1.97. The summed E-state index contributed by atoms with van der Waals surface area (Å²) < 4.78 is 13.4. The van der Waals surface area contributed by atoms with Crippen molar-refractivity contribution in [3.05, 3.63) is 40.9 Å². The lowest BCUT2D eigenvalue weighted by Crippen LogP contribution is -1.95. The van der Waals surface area contributed by atoms with E-state index >= 15 is 0 Å². The van der Waals surface area contributed by atoms with Crippen LogP contribution in [0.1, 0.15) is 5.69 Å². The van der Waals surface area contributed by atoms with Crippen LogP contribution in [0.4, 0.5) is 0 Å². The number of nitrogens with zero attached hydrogens (tertiary/aromatic N) is 2. The van der Waals surface area contributed by atoms with Gasteiger partial charge in [-0.05, 0) is 40.2 Å². The molecule has 0 aliphatic heterocycles. The van der Waals surface area contributed by atoms with Gasteiger partial charge in [0.2, 0.25) is 0 Å². The van der Waals surface area contributed by atoms with Gasteiger partial charge in [-0.15, -0.1) is 0 Å². The van der Waals surface area contributed by atoms with Crippen LogP contribution in [0.2, 0.25) is 0 Å². The van der Waals surface area contributed by atoms with Crippen molar-refractivity contribution in [3.8, 4) is 11.5 Å². The van der Waals surface area contributed by atoms with Crippen LogP contribution in [-0.4, -0.2) is 16.7 Å². The smallest absolute Gasteiger partial charge is 0.177 e. The summed E-state index contributed by atoms with van der Waals surface area (Å²) in [7, 11) is 3.56. The van der Waals surface area contributed by atoms with Crippen LogP contribution >= 0.6 is 15.9 Å². The van der Waals surface area contributed by atoms with E-state index in [1.807, 2.05) is 42.1 Å². The highest BCUT2D eigenvalue weighted by molar-refractivity contribution is 9.10. The number of benzene rings is 1. The summed E-state index contributed by atoms with van der Waals surface area (Å²) in [5.74, 6) is 1.62. The maximum Gasteiger partial charge on any atom is 0.177 e. The van der Waals surface area contributed by atoms with Crippen molar-refractivity contribution in [3.63, 3.8) is 0 Å². The van der Waals surface area contributed by atoms with Crippen molar-refractivity contribution in [2.24, 2.45) is 7.05 Å². The van der Waals surface area contributed by atoms with Crippen molar-refractivity contribution in [1.29, 1.82) is 0 Å². The molecule has 1 aromatic heterocycles. The Morgan fingerprint density at radius 1 is 1.24 bits per heavy atom. The quantitative estimate of drug-likeness (QED) is 0.870. The number of hydrogen-bond donors (Lipinski definition) is 0. The average Bonchev–Trinajstić information content (AvgIpc) is 2.67. The fraction of sp³-hybridized carbons (Fsp3) is 0.250. The molecule has 0 aliphatic carbocycles. The number of aryl methyl sites for hydroxylation is 1. The van der Waals surface area contributed by atoms with Gasteiger partial charge in [0, 0.05) is 13.2 Å². The van der Waals surface area contributed by atoms with Crippen LogP contribution in [-0.2, 0) is 13.7 Å². The van der Waals surface area contributed by atoms with Crippen molar-refractivity contribution in [1.82, 2.24) is 9.55 Å². The molecular formula is C12H13BrN2O2. The molecule has 1 heterocycles. The van der Waals surface area contributed by atoms with Crippen LogP contribution in [0.15, 0.2) is 35.2 Å². The van der Waals surface area contributed by atoms with Crippen molar-refractivity contribution >= 4 is 15.9 Å². The van der Waals surface area contributed by atoms with Gasteiger partial charge in [0.25, 0.3) is 0 Å². The molecule has 2 aromatic rings. The summed E-state index contributed by atoms with van der Waals surface area (Å²) >= 11 is 3.34. The monoisotopic (exact) mass is 296 g/mol. The van der Waals surface area contributed by atoms with E-state index in [4.69, 9.17) is 9.47 Å². The molecular weight excluding hydrogens is 284 g/mol. The van der Waals surface area contributed by atoms with Gasteiger partial charge in [-0.2, -0.15) is 0 Å². The molecule has 2 rings (SSSR count). The molecule has 1 aromatic carbocycles.